The largest absolute Gasteiger partial charge is 0.491 e. The maximum absolute atomic E-state index is 6.03. The molecule has 3 nitrogen and oxygen atoms in total. The average molecular weight is 383 g/mol. The van der Waals surface area contributed by atoms with Crippen molar-refractivity contribution in [1.29, 1.82) is 0 Å². The minimum atomic E-state index is -0.0552. The Morgan fingerprint density at radius 1 is 1.04 bits per heavy atom. The van der Waals surface area contributed by atoms with Crippen LogP contribution in [-0.2, 0) is 16.7 Å². The van der Waals surface area contributed by atoms with Gasteiger partial charge in [0.1, 0.15) is 12.3 Å². The van der Waals surface area contributed by atoms with E-state index >= 15 is 0 Å². The van der Waals surface area contributed by atoms with E-state index in [4.69, 9.17) is 9.47 Å². The predicted molar refractivity (Wildman–Crippen MR) is 115 cm³/mol. The van der Waals surface area contributed by atoms with E-state index in [1.54, 1.807) is 0 Å². The van der Waals surface area contributed by atoms with E-state index in [9.17, 15) is 0 Å². The molecular weight excluding hydrogens is 346 g/mol. The summed E-state index contributed by atoms with van der Waals surface area (Å²) in [6.45, 7) is 11.5. The zero-order valence-electron chi connectivity index (χ0n) is 17.9. The molecule has 0 radical (unpaired) electrons. The highest BCUT2D eigenvalue weighted by Gasteiger charge is 2.42. The Morgan fingerprint density at radius 2 is 1.75 bits per heavy atom. The fraction of sp³-hybridized carbons (Fsp3) is 0.520. The first-order valence-electron chi connectivity index (χ1n) is 10.7. The van der Waals surface area contributed by atoms with Crippen LogP contribution in [0.15, 0.2) is 54.6 Å². The van der Waals surface area contributed by atoms with Gasteiger partial charge in [-0.15, -0.1) is 0 Å². The van der Waals surface area contributed by atoms with E-state index < -0.39 is 0 Å². The normalized spacial score (nSPS) is 21.6. The Morgan fingerprint density at radius 3 is 2.39 bits per heavy atom. The van der Waals surface area contributed by atoms with Crippen molar-refractivity contribution in [3.05, 3.63) is 65.7 Å². The van der Waals surface area contributed by atoms with Gasteiger partial charge in [0, 0.05) is 24.0 Å². The Kier molecular flexibility index (Phi) is 6.79. The lowest BCUT2D eigenvalue weighted by atomic mass is 9.67. The molecule has 0 aliphatic carbocycles. The molecule has 0 aromatic heterocycles. The van der Waals surface area contributed by atoms with Crippen LogP contribution in [0.1, 0.15) is 58.1 Å². The van der Waals surface area contributed by atoms with Crippen molar-refractivity contribution in [1.82, 2.24) is 0 Å². The van der Waals surface area contributed by atoms with Crippen LogP contribution in [0, 0.1) is 0 Å². The molecule has 28 heavy (non-hydrogen) atoms. The molecule has 3 heteroatoms. The number of rotatable bonds is 8. The van der Waals surface area contributed by atoms with Crippen LogP contribution >= 0.6 is 0 Å². The third-order valence-corrected chi connectivity index (χ3v) is 5.73. The van der Waals surface area contributed by atoms with E-state index in [0.717, 1.165) is 38.3 Å². The lowest BCUT2D eigenvalue weighted by Crippen LogP contribution is -2.83. The zero-order valence-corrected chi connectivity index (χ0v) is 17.9. The van der Waals surface area contributed by atoms with Crippen LogP contribution in [0.3, 0.4) is 0 Å². The Hall–Kier alpha value is -1.84. The lowest BCUT2D eigenvalue weighted by molar-refractivity contribution is -0.672. The van der Waals surface area contributed by atoms with Crippen LogP contribution in [0.4, 0.5) is 0 Å². The van der Waals surface area contributed by atoms with Crippen molar-refractivity contribution < 1.29 is 14.8 Å². The molecule has 3 rings (SSSR count). The molecule has 1 heterocycles. The third-order valence-electron chi connectivity index (χ3n) is 5.73. The molecule has 0 unspecified atom stereocenters. The van der Waals surface area contributed by atoms with Gasteiger partial charge in [0.2, 0.25) is 0 Å². The van der Waals surface area contributed by atoms with Crippen LogP contribution in [-0.4, -0.2) is 24.9 Å². The van der Waals surface area contributed by atoms with E-state index in [-0.39, 0.29) is 17.1 Å². The Balaban J connectivity index is 1.59. The summed E-state index contributed by atoms with van der Waals surface area (Å²) in [4.78, 5) is 0. The second-order valence-electron chi connectivity index (χ2n) is 9.02. The van der Waals surface area contributed by atoms with Crippen LogP contribution < -0.4 is 10.1 Å². The predicted octanol–water partition coefficient (Wildman–Crippen LogP) is 4.45. The first kappa shape index (κ1) is 20.9. The summed E-state index contributed by atoms with van der Waals surface area (Å²) in [6.07, 6.45) is 3.59. The SMILES string of the molecule is CC(C)Oc1ccc(C[NH2+]CC[C@]2(c3ccccc3)CCOC(C)(C)C2)cc1. The maximum Gasteiger partial charge on any atom is 0.119 e. The molecule has 0 bridgehead atoms. The quantitative estimate of drug-likeness (QED) is 0.685. The van der Waals surface area contributed by atoms with E-state index in [1.165, 1.54) is 17.5 Å². The summed E-state index contributed by atoms with van der Waals surface area (Å²) in [5, 5.41) is 2.44. The first-order chi connectivity index (χ1) is 13.4. The van der Waals surface area contributed by atoms with Crippen molar-refractivity contribution in [2.75, 3.05) is 13.2 Å². The van der Waals surface area contributed by atoms with Crippen molar-refractivity contribution >= 4 is 0 Å². The highest BCUT2D eigenvalue weighted by Crippen LogP contribution is 2.43. The number of quaternary nitrogens is 1. The van der Waals surface area contributed by atoms with Gasteiger partial charge in [-0.25, -0.2) is 0 Å². The fourth-order valence-electron chi connectivity index (χ4n) is 4.50. The smallest absolute Gasteiger partial charge is 0.119 e. The monoisotopic (exact) mass is 382 g/mol. The summed E-state index contributed by atoms with van der Waals surface area (Å²) in [6, 6.07) is 19.6. The van der Waals surface area contributed by atoms with E-state index in [2.05, 4.69) is 87.6 Å². The van der Waals surface area contributed by atoms with Crippen molar-refractivity contribution in [3.63, 3.8) is 0 Å². The number of nitrogens with two attached hydrogens (primary N) is 1. The summed E-state index contributed by atoms with van der Waals surface area (Å²) < 4.78 is 11.8. The Bertz CT molecular complexity index is 724. The molecule has 2 aromatic rings. The molecule has 1 aliphatic heterocycles. The second-order valence-corrected chi connectivity index (χ2v) is 9.02. The van der Waals surface area contributed by atoms with Crippen LogP contribution in [0.2, 0.25) is 0 Å². The van der Waals surface area contributed by atoms with Gasteiger partial charge in [-0.2, -0.15) is 0 Å². The van der Waals surface area contributed by atoms with Crippen molar-refractivity contribution in [2.24, 2.45) is 0 Å². The molecule has 0 saturated carbocycles. The summed E-state index contributed by atoms with van der Waals surface area (Å²) in [7, 11) is 0. The molecule has 0 spiro atoms. The number of hydrogen-bond donors (Lipinski definition) is 1. The summed E-state index contributed by atoms with van der Waals surface area (Å²) >= 11 is 0. The fourth-order valence-corrected chi connectivity index (χ4v) is 4.50. The average Bonchev–Trinajstić information content (AvgIpc) is 2.66. The van der Waals surface area contributed by atoms with Crippen molar-refractivity contribution in [3.8, 4) is 5.75 Å². The third kappa shape index (κ3) is 5.59. The topological polar surface area (TPSA) is 35.1 Å². The van der Waals surface area contributed by atoms with Gasteiger partial charge in [-0.3, -0.25) is 0 Å². The van der Waals surface area contributed by atoms with Crippen LogP contribution in [0.5, 0.6) is 5.75 Å². The van der Waals surface area contributed by atoms with Gasteiger partial charge >= 0.3 is 0 Å². The van der Waals surface area contributed by atoms with Gasteiger partial charge in [0.15, 0.2) is 0 Å². The standard InChI is InChI=1S/C25H35NO2/c1-20(2)28-23-12-10-21(11-13-23)18-26-16-14-25(22-8-6-5-7-9-22)15-17-27-24(3,4)19-25/h5-13,20,26H,14-19H2,1-4H3/p+1/t25-/m0/s1. The van der Waals surface area contributed by atoms with Gasteiger partial charge in [-0.1, -0.05) is 30.3 Å². The molecule has 1 fully saturated rings. The number of benzene rings is 2. The van der Waals surface area contributed by atoms with Gasteiger partial charge in [-0.05, 0) is 70.4 Å². The molecular formula is C25H36NO2+. The highest BCUT2D eigenvalue weighted by molar-refractivity contribution is 5.28. The molecule has 0 amide bonds. The molecule has 1 saturated heterocycles. The summed E-state index contributed by atoms with van der Waals surface area (Å²) in [5.74, 6) is 0.950. The van der Waals surface area contributed by atoms with Crippen molar-refractivity contribution in [2.45, 2.75) is 70.6 Å². The number of ether oxygens (including phenoxy) is 2. The summed E-state index contributed by atoms with van der Waals surface area (Å²) in [5.41, 5.74) is 2.97. The van der Waals surface area contributed by atoms with E-state index in [0.29, 0.717) is 0 Å². The zero-order chi connectivity index (χ0) is 20.0. The maximum atomic E-state index is 6.03. The molecule has 1 atom stereocenters. The first-order valence-corrected chi connectivity index (χ1v) is 10.7. The highest BCUT2D eigenvalue weighted by atomic mass is 16.5. The van der Waals surface area contributed by atoms with Gasteiger partial charge < -0.3 is 14.8 Å². The molecule has 152 valence electrons. The molecule has 2 aromatic carbocycles. The van der Waals surface area contributed by atoms with Crippen LogP contribution in [0.25, 0.3) is 0 Å². The van der Waals surface area contributed by atoms with Gasteiger partial charge in [0.25, 0.3) is 0 Å². The minimum absolute atomic E-state index is 0.0552. The van der Waals surface area contributed by atoms with E-state index in [1.807, 2.05) is 0 Å². The number of hydrogen-bond acceptors (Lipinski definition) is 2. The van der Waals surface area contributed by atoms with Gasteiger partial charge in [0.05, 0.1) is 18.2 Å². The molecule has 2 N–H and O–H groups in total. The Labute approximate surface area is 170 Å². The second kappa shape index (κ2) is 9.11. The minimum Gasteiger partial charge on any atom is -0.491 e. The lowest BCUT2D eigenvalue weighted by Gasteiger charge is -2.45. The molecule has 1 aliphatic rings.